The fourth-order valence-electron chi connectivity index (χ4n) is 2.76. The van der Waals surface area contributed by atoms with Crippen molar-refractivity contribution in [3.8, 4) is 0 Å². The van der Waals surface area contributed by atoms with Crippen LogP contribution in [0.4, 0.5) is 0 Å². The van der Waals surface area contributed by atoms with Gasteiger partial charge in [0.05, 0.1) is 13.0 Å². The third-order valence-electron chi connectivity index (χ3n) is 4.38. The molecule has 0 aromatic heterocycles. The minimum absolute atomic E-state index is 0.00204. The summed E-state index contributed by atoms with van der Waals surface area (Å²) in [5.41, 5.74) is 11.2. The van der Waals surface area contributed by atoms with Gasteiger partial charge in [-0.3, -0.25) is 19.2 Å². The molecule has 0 bridgehead atoms. The van der Waals surface area contributed by atoms with Crippen LogP contribution in [0.25, 0.3) is 0 Å². The van der Waals surface area contributed by atoms with E-state index < -0.39 is 54.1 Å². The molecule has 0 aliphatic heterocycles. The highest BCUT2D eigenvalue weighted by Crippen LogP contribution is 2.06. The molecule has 1 aromatic rings. The monoisotopic (exact) mass is 467 g/mol. The lowest BCUT2D eigenvalue weighted by Gasteiger charge is -2.24. The number of amides is 4. The van der Waals surface area contributed by atoms with Crippen LogP contribution in [0.15, 0.2) is 30.3 Å². The highest BCUT2D eigenvalue weighted by atomic mass is 32.2. The first kappa shape index (κ1) is 26.9. The Balaban J connectivity index is 2.94. The minimum atomic E-state index is -1.41. The van der Waals surface area contributed by atoms with Crippen molar-refractivity contribution in [2.24, 2.45) is 11.5 Å². The lowest BCUT2D eigenvalue weighted by molar-refractivity contribution is -0.142. The predicted molar refractivity (Wildman–Crippen MR) is 119 cm³/mol. The number of primary amides is 1. The van der Waals surface area contributed by atoms with Crippen molar-refractivity contribution in [1.82, 2.24) is 16.0 Å². The fraction of sp³-hybridized carbons (Fsp3) is 0.450. The quantitative estimate of drug-likeness (QED) is 0.187. The molecule has 4 amide bonds. The van der Waals surface area contributed by atoms with Gasteiger partial charge in [-0.15, -0.1) is 0 Å². The van der Waals surface area contributed by atoms with Crippen LogP contribution in [0, 0.1) is 0 Å². The van der Waals surface area contributed by atoms with E-state index in [9.17, 15) is 29.1 Å². The average molecular weight is 468 g/mol. The van der Waals surface area contributed by atoms with Crippen molar-refractivity contribution in [3.63, 3.8) is 0 Å². The molecule has 176 valence electrons. The Labute approximate surface area is 190 Å². The third-order valence-corrected chi connectivity index (χ3v) is 5.03. The maximum atomic E-state index is 12.7. The van der Waals surface area contributed by atoms with Crippen LogP contribution < -0.4 is 27.4 Å². The molecule has 0 fully saturated rings. The molecular weight excluding hydrogens is 438 g/mol. The number of carbonyl (C=O) groups is 5. The summed E-state index contributed by atoms with van der Waals surface area (Å²) in [4.78, 5) is 60.1. The number of hydrogen-bond donors (Lipinski definition) is 6. The second kappa shape index (κ2) is 14.0. The highest BCUT2D eigenvalue weighted by Gasteiger charge is 2.30. The summed E-state index contributed by atoms with van der Waals surface area (Å²) >= 11 is 1.45. The number of aliphatic carboxylic acids is 1. The van der Waals surface area contributed by atoms with Gasteiger partial charge in [0.15, 0.2) is 0 Å². The van der Waals surface area contributed by atoms with Crippen molar-refractivity contribution in [2.45, 2.75) is 37.4 Å². The Morgan fingerprint density at radius 3 is 2.09 bits per heavy atom. The Bertz CT molecular complexity index is 807. The number of carboxylic acid groups (broad SMARTS) is 1. The Hall–Kier alpha value is -3.12. The van der Waals surface area contributed by atoms with Crippen LogP contribution in [0.2, 0.25) is 0 Å². The molecule has 3 unspecified atom stereocenters. The number of hydrogen-bond acceptors (Lipinski definition) is 7. The largest absolute Gasteiger partial charge is 0.480 e. The maximum Gasteiger partial charge on any atom is 0.326 e. The standard InChI is InChI=1S/C20H29N5O6S/c1-32-8-7-13(23-17(27)11-21)18(28)24-14(10-16(22)26)19(29)25-15(20(30)31)9-12-5-3-2-4-6-12/h2-6,13-15H,7-11,21H2,1H3,(H2,22,26)(H,23,27)(H,24,28)(H,25,29)(H,30,31). The zero-order valence-electron chi connectivity index (χ0n) is 17.7. The molecule has 12 heteroatoms. The third kappa shape index (κ3) is 9.79. The molecule has 0 aliphatic rings. The SMILES string of the molecule is CSCCC(NC(=O)CN)C(=O)NC(CC(N)=O)C(=O)NC(Cc1ccccc1)C(=O)O. The van der Waals surface area contributed by atoms with E-state index >= 15 is 0 Å². The Morgan fingerprint density at radius 1 is 0.969 bits per heavy atom. The molecule has 0 radical (unpaired) electrons. The van der Waals surface area contributed by atoms with Gasteiger partial charge in [-0.2, -0.15) is 11.8 Å². The van der Waals surface area contributed by atoms with Crippen LogP contribution in [-0.4, -0.2) is 71.4 Å². The summed E-state index contributed by atoms with van der Waals surface area (Å²) in [6, 6.07) is 4.97. The number of thioether (sulfide) groups is 1. The fourth-order valence-corrected chi connectivity index (χ4v) is 3.23. The van der Waals surface area contributed by atoms with Gasteiger partial charge < -0.3 is 32.5 Å². The molecule has 3 atom stereocenters. The molecule has 8 N–H and O–H groups in total. The van der Waals surface area contributed by atoms with Crippen molar-refractivity contribution >= 4 is 41.4 Å². The van der Waals surface area contributed by atoms with Gasteiger partial charge in [0.25, 0.3) is 0 Å². The van der Waals surface area contributed by atoms with E-state index in [0.29, 0.717) is 11.3 Å². The normalized spacial score (nSPS) is 13.3. The van der Waals surface area contributed by atoms with Gasteiger partial charge in [0.1, 0.15) is 18.1 Å². The van der Waals surface area contributed by atoms with E-state index in [0.717, 1.165) is 0 Å². The number of benzene rings is 1. The van der Waals surface area contributed by atoms with Crippen molar-refractivity contribution in [1.29, 1.82) is 0 Å². The number of carboxylic acids is 1. The molecule has 0 aliphatic carbocycles. The lowest BCUT2D eigenvalue weighted by atomic mass is 10.0. The lowest BCUT2D eigenvalue weighted by Crippen LogP contribution is -2.57. The molecule has 0 heterocycles. The Morgan fingerprint density at radius 2 is 1.56 bits per heavy atom. The van der Waals surface area contributed by atoms with Crippen molar-refractivity contribution in [3.05, 3.63) is 35.9 Å². The molecule has 1 aromatic carbocycles. The second-order valence-corrected chi connectivity index (χ2v) is 7.91. The van der Waals surface area contributed by atoms with Crippen LogP contribution in [-0.2, 0) is 30.4 Å². The summed E-state index contributed by atoms with van der Waals surface area (Å²) in [5.74, 6) is -3.76. The number of nitrogens with two attached hydrogens (primary N) is 2. The van der Waals surface area contributed by atoms with Gasteiger partial charge in [-0.25, -0.2) is 4.79 Å². The summed E-state index contributed by atoms with van der Waals surface area (Å²) in [6.45, 7) is -0.325. The van der Waals surface area contributed by atoms with Gasteiger partial charge in [0.2, 0.25) is 23.6 Å². The van der Waals surface area contributed by atoms with E-state index in [2.05, 4.69) is 16.0 Å². The van der Waals surface area contributed by atoms with E-state index in [1.54, 1.807) is 30.3 Å². The van der Waals surface area contributed by atoms with Crippen LogP contribution in [0.5, 0.6) is 0 Å². The molecule has 0 spiro atoms. The second-order valence-electron chi connectivity index (χ2n) is 6.93. The first-order valence-corrected chi connectivity index (χ1v) is 11.2. The van der Waals surface area contributed by atoms with Crippen LogP contribution in [0.1, 0.15) is 18.4 Å². The van der Waals surface area contributed by atoms with Crippen LogP contribution in [0.3, 0.4) is 0 Å². The van der Waals surface area contributed by atoms with Gasteiger partial charge in [0, 0.05) is 6.42 Å². The first-order valence-electron chi connectivity index (χ1n) is 9.82. The smallest absolute Gasteiger partial charge is 0.326 e. The van der Waals surface area contributed by atoms with E-state index in [1.807, 2.05) is 6.26 Å². The minimum Gasteiger partial charge on any atom is -0.480 e. The maximum absolute atomic E-state index is 12.7. The molecule has 0 saturated carbocycles. The van der Waals surface area contributed by atoms with E-state index in [-0.39, 0.29) is 19.4 Å². The van der Waals surface area contributed by atoms with E-state index in [1.165, 1.54) is 11.8 Å². The predicted octanol–water partition coefficient (Wildman–Crippen LogP) is -1.64. The topological polar surface area (TPSA) is 194 Å². The molecule has 11 nitrogen and oxygen atoms in total. The highest BCUT2D eigenvalue weighted by molar-refractivity contribution is 7.98. The number of rotatable bonds is 14. The van der Waals surface area contributed by atoms with Crippen molar-refractivity contribution < 1.29 is 29.1 Å². The Kier molecular flexibility index (Phi) is 11.8. The summed E-state index contributed by atoms with van der Waals surface area (Å²) in [5, 5.41) is 16.7. The summed E-state index contributed by atoms with van der Waals surface area (Å²) < 4.78 is 0. The summed E-state index contributed by atoms with van der Waals surface area (Å²) in [6.07, 6.45) is 1.54. The van der Waals surface area contributed by atoms with Crippen molar-refractivity contribution in [2.75, 3.05) is 18.6 Å². The van der Waals surface area contributed by atoms with Gasteiger partial charge in [-0.05, 0) is 24.0 Å². The van der Waals surface area contributed by atoms with Gasteiger partial charge in [-0.1, -0.05) is 30.3 Å². The molecule has 32 heavy (non-hydrogen) atoms. The zero-order valence-corrected chi connectivity index (χ0v) is 18.5. The molecular formula is C20H29N5O6S. The number of carbonyl (C=O) groups excluding carboxylic acids is 4. The van der Waals surface area contributed by atoms with E-state index in [4.69, 9.17) is 11.5 Å². The average Bonchev–Trinajstić information content (AvgIpc) is 2.75. The zero-order chi connectivity index (χ0) is 24.1. The summed E-state index contributed by atoms with van der Waals surface area (Å²) in [7, 11) is 0. The molecule has 1 rings (SSSR count). The number of nitrogens with one attached hydrogen (secondary N) is 3. The van der Waals surface area contributed by atoms with Crippen LogP contribution >= 0.6 is 11.8 Å². The first-order chi connectivity index (χ1) is 15.2. The van der Waals surface area contributed by atoms with Gasteiger partial charge >= 0.3 is 5.97 Å². The molecule has 0 saturated heterocycles.